The second kappa shape index (κ2) is 9.95. The van der Waals surface area contributed by atoms with Crippen molar-refractivity contribution in [1.82, 2.24) is 10.3 Å². The van der Waals surface area contributed by atoms with Crippen molar-refractivity contribution >= 4 is 51.6 Å². The average molecular weight is 492 g/mol. The lowest BCUT2D eigenvalue weighted by Gasteiger charge is -2.12. The number of carbonyl (C=O) groups is 1. The van der Waals surface area contributed by atoms with Crippen molar-refractivity contribution in [3.05, 3.63) is 81.9 Å². The van der Waals surface area contributed by atoms with Crippen LogP contribution in [0.4, 0.5) is 5.69 Å². The van der Waals surface area contributed by atoms with Crippen molar-refractivity contribution in [1.29, 1.82) is 0 Å². The molecule has 174 valence electrons. The van der Waals surface area contributed by atoms with E-state index in [0.717, 1.165) is 34.2 Å². The highest BCUT2D eigenvalue weighted by Crippen LogP contribution is 2.31. The van der Waals surface area contributed by atoms with Crippen molar-refractivity contribution in [3.8, 4) is 11.5 Å². The first-order chi connectivity index (χ1) is 16.2. The number of hydrogen-bond donors (Lipinski definition) is 2. The van der Waals surface area contributed by atoms with Crippen LogP contribution in [0.25, 0.3) is 22.6 Å². The Labute approximate surface area is 209 Å². The lowest BCUT2D eigenvalue weighted by molar-refractivity contribution is 0.0977. The van der Waals surface area contributed by atoms with Gasteiger partial charge in [-0.2, -0.15) is 0 Å². The molecule has 5 nitrogen and oxygen atoms in total. The third kappa shape index (κ3) is 5.29. The summed E-state index contributed by atoms with van der Waals surface area (Å²) in [7, 11) is 0. The molecular weight excluding hydrogens is 466 g/mol. The summed E-state index contributed by atoms with van der Waals surface area (Å²) in [6, 6.07) is 17.1. The predicted octanol–water partition coefficient (Wildman–Crippen LogP) is 7.41. The van der Waals surface area contributed by atoms with Crippen molar-refractivity contribution in [3.63, 3.8) is 0 Å². The molecule has 1 aromatic heterocycles. The first kappa shape index (κ1) is 23.9. The van der Waals surface area contributed by atoms with E-state index >= 15 is 0 Å². The summed E-state index contributed by atoms with van der Waals surface area (Å²) in [6.07, 6.45) is 1.06. The molecule has 4 aromatic rings. The summed E-state index contributed by atoms with van der Waals surface area (Å²) in [5.41, 5.74) is 6.63. The first-order valence-corrected chi connectivity index (χ1v) is 11.9. The molecule has 0 aliphatic carbocycles. The third-order valence-corrected chi connectivity index (χ3v) is 6.30. The zero-order valence-corrected chi connectivity index (χ0v) is 21.1. The van der Waals surface area contributed by atoms with E-state index < -0.39 is 0 Å². The highest BCUT2D eigenvalue weighted by Gasteiger charge is 2.14. The molecule has 1 heterocycles. The van der Waals surface area contributed by atoms with E-state index in [-0.39, 0.29) is 11.0 Å². The van der Waals surface area contributed by atoms with Crippen LogP contribution in [0.5, 0.6) is 0 Å². The Morgan fingerprint density at radius 3 is 2.53 bits per heavy atom. The molecular formula is C27H26ClN3O2S. The average Bonchev–Trinajstić information content (AvgIpc) is 3.22. The molecule has 7 heteroatoms. The first-order valence-electron chi connectivity index (χ1n) is 11.1. The zero-order valence-electron chi connectivity index (χ0n) is 19.5. The standard InChI is InChI=1S/C27H26ClN3O2S/c1-5-17(4)18-7-9-24-23(13-18)29-26(33-24)19-6-8-21(28)22(14-19)30-27(34)31-25(32)20-11-15(2)10-16(3)12-20/h6-14,17H,5H2,1-4H3,(H2,30,31,32,34). The summed E-state index contributed by atoms with van der Waals surface area (Å²) in [4.78, 5) is 17.3. The van der Waals surface area contributed by atoms with Gasteiger partial charge >= 0.3 is 0 Å². The van der Waals surface area contributed by atoms with Crippen LogP contribution in [0, 0.1) is 13.8 Å². The molecule has 0 aliphatic rings. The van der Waals surface area contributed by atoms with Gasteiger partial charge in [0.05, 0.1) is 10.7 Å². The summed E-state index contributed by atoms with van der Waals surface area (Å²) in [6.45, 7) is 8.26. The van der Waals surface area contributed by atoms with E-state index in [1.54, 1.807) is 12.1 Å². The van der Waals surface area contributed by atoms with Gasteiger partial charge in [-0.05, 0) is 86.4 Å². The summed E-state index contributed by atoms with van der Waals surface area (Å²) in [5.74, 6) is 0.657. The second-order valence-electron chi connectivity index (χ2n) is 8.53. The number of benzene rings is 3. The Hall–Kier alpha value is -3.22. The maximum Gasteiger partial charge on any atom is 0.257 e. The molecule has 2 N–H and O–H groups in total. The quantitative estimate of drug-likeness (QED) is 0.284. The van der Waals surface area contributed by atoms with E-state index in [9.17, 15) is 4.79 Å². The van der Waals surface area contributed by atoms with Gasteiger partial charge in [-0.3, -0.25) is 10.1 Å². The van der Waals surface area contributed by atoms with E-state index in [4.69, 9.17) is 28.2 Å². The highest BCUT2D eigenvalue weighted by molar-refractivity contribution is 7.80. The monoisotopic (exact) mass is 491 g/mol. The van der Waals surface area contributed by atoms with Crippen LogP contribution in [0.2, 0.25) is 5.02 Å². The Morgan fingerprint density at radius 2 is 1.82 bits per heavy atom. The lowest BCUT2D eigenvalue weighted by atomic mass is 9.98. The summed E-state index contributed by atoms with van der Waals surface area (Å²) >= 11 is 11.7. The minimum absolute atomic E-state index is 0.152. The van der Waals surface area contributed by atoms with Gasteiger partial charge in [0.15, 0.2) is 10.7 Å². The topological polar surface area (TPSA) is 67.2 Å². The van der Waals surface area contributed by atoms with Crippen molar-refractivity contribution < 1.29 is 9.21 Å². The normalized spacial score (nSPS) is 11.9. The van der Waals surface area contributed by atoms with E-state index in [0.29, 0.717) is 28.1 Å². The molecule has 1 amide bonds. The van der Waals surface area contributed by atoms with Gasteiger partial charge in [-0.15, -0.1) is 0 Å². The minimum Gasteiger partial charge on any atom is -0.436 e. The van der Waals surface area contributed by atoms with E-state index in [1.807, 2.05) is 44.2 Å². The number of carbonyl (C=O) groups excluding carboxylic acids is 1. The molecule has 1 unspecified atom stereocenters. The van der Waals surface area contributed by atoms with Crippen LogP contribution in [0.3, 0.4) is 0 Å². The second-order valence-corrected chi connectivity index (χ2v) is 9.35. The van der Waals surface area contributed by atoms with Crippen LogP contribution in [0.1, 0.15) is 53.2 Å². The molecule has 3 aromatic carbocycles. The smallest absolute Gasteiger partial charge is 0.257 e. The molecule has 34 heavy (non-hydrogen) atoms. The molecule has 0 radical (unpaired) electrons. The van der Waals surface area contributed by atoms with Crippen LogP contribution in [-0.4, -0.2) is 16.0 Å². The fourth-order valence-corrected chi connectivity index (χ4v) is 4.17. The van der Waals surface area contributed by atoms with Gasteiger partial charge in [0.25, 0.3) is 5.91 Å². The molecule has 0 saturated heterocycles. The third-order valence-electron chi connectivity index (χ3n) is 5.77. The predicted molar refractivity (Wildman–Crippen MR) is 143 cm³/mol. The van der Waals surface area contributed by atoms with Crippen molar-refractivity contribution in [2.24, 2.45) is 0 Å². The number of rotatable bonds is 5. The Bertz CT molecular complexity index is 1380. The number of halogens is 1. The summed E-state index contributed by atoms with van der Waals surface area (Å²) < 4.78 is 5.98. The fourth-order valence-electron chi connectivity index (χ4n) is 3.80. The largest absolute Gasteiger partial charge is 0.436 e. The zero-order chi connectivity index (χ0) is 24.4. The van der Waals surface area contributed by atoms with Gasteiger partial charge in [0.2, 0.25) is 5.89 Å². The number of nitrogens with zero attached hydrogens (tertiary/aromatic N) is 1. The van der Waals surface area contributed by atoms with Crippen molar-refractivity contribution in [2.75, 3.05) is 5.32 Å². The number of nitrogens with one attached hydrogen (secondary N) is 2. The molecule has 0 bridgehead atoms. The van der Waals surface area contributed by atoms with Gasteiger partial charge in [0.1, 0.15) is 5.52 Å². The summed E-state index contributed by atoms with van der Waals surface area (Å²) in [5, 5.41) is 6.34. The molecule has 4 rings (SSSR count). The number of oxazole rings is 1. The maximum absolute atomic E-state index is 12.6. The number of fused-ring (bicyclic) bond motifs is 1. The van der Waals surface area contributed by atoms with Gasteiger partial charge < -0.3 is 9.73 Å². The highest BCUT2D eigenvalue weighted by atomic mass is 35.5. The number of hydrogen-bond acceptors (Lipinski definition) is 4. The molecule has 0 aliphatic heterocycles. The number of aryl methyl sites for hydroxylation is 2. The van der Waals surface area contributed by atoms with E-state index in [2.05, 4.69) is 41.6 Å². The van der Waals surface area contributed by atoms with Crippen LogP contribution in [0.15, 0.2) is 59.0 Å². The fraction of sp³-hybridized carbons (Fsp3) is 0.222. The Morgan fingerprint density at radius 1 is 1.09 bits per heavy atom. The Kier molecular flexibility index (Phi) is 7.00. The van der Waals surface area contributed by atoms with Crippen molar-refractivity contribution in [2.45, 2.75) is 40.0 Å². The maximum atomic E-state index is 12.6. The van der Waals surface area contributed by atoms with Crippen LogP contribution < -0.4 is 10.6 Å². The Balaban J connectivity index is 1.54. The molecule has 1 atom stereocenters. The molecule has 0 fully saturated rings. The van der Waals surface area contributed by atoms with Crippen LogP contribution >= 0.6 is 23.8 Å². The number of aromatic nitrogens is 1. The number of anilines is 1. The SMILES string of the molecule is CCC(C)c1ccc2oc(-c3ccc(Cl)c(NC(=S)NC(=O)c4cc(C)cc(C)c4)c3)nc2c1. The van der Waals surface area contributed by atoms with Gasteiger partial charge in [0, 0.05) is 11.1 Å². The van der Waals surface area contributed by atoms with E-state index in [1.165, 1.54) is 5.56 Å². The van der Waals surface area contributed by atoms with Gasteiger partial charge in [-0.25, -0.2) is 4.98 Å². The number of amides is 1. The molecule has 0 spiro atoms. The molecule has 0 saturated carbocycles. The van der Waals surface area contributed by atoms with Crippen LogP contribution in [-0.2, 0) is 0 Å². The number of thiocarbonyl (C=S) groups is 1. The van der Waals surface area contributed by atoms with Gasteiger partial charge in [-0.1, -0.05) is 48.7 Å². The minimum atomic E-state index is -0.285. The lowest BCUT2D eigenvalue weighted by Crippen LogP contribution is -2.34.